The zero-order chi connectivity index (χ0) is 15.2. The predicted octanol–water partition coefficient (Wildman–Crippen LogP) is 2.34. The predicted molar refractivity (Wildman–Crippen MR) is 84.4 cm³/mol. The molecule has 21 heavy (non-hydrogen) atoms. The van der Waals surface area contributed by atoms with E-state index in [0.717, 1.165) is 23.5 Å². The van der Waals surface area contributed by atoms with Crippen molar-refractivity contribution in [1.29, 1.82) is 0 Å². The number of piperidine rings is 1. The summed E-state index contributed by atoms with van der Waals surface area (Å²) in [7, 11) is -2.97. The quantitative estimate of drug-likeness (QED) is 0.795. The molecule has 0 N–H and O–H groups in total. The van der Waals surface area contributed by atoms with Crippen molar-refractivity contribution in [1.82, 2.24) is 4.90 Å². The van der Waals surface area contributed by atoms with Crippen LogP contribution in [0.5, 0.6) is 0 Å². The first kappa shape index (κ1) is 15.0. The number of amides is 1. The van der Waals surface area contributed by atoms with Gasteiger partial charge in [-0.25, -0.2) is 8.42 Å². The van der Waals surface area contributed by atoms with Crippen molar-refractivity contribution in [3.63, 3.8) is 0 Å². The third-order valence-electron chi connectivity index (χ3n) is 4.28. The lowest BCUT2D eigenvalue weighted by atomic mass is 9.92. The molecule has 3 heterocycles. The topological polar surface area (TPSA) is 54.5 Å². The van der Waals surface area contributed by atoms with Crippen LogP contribution in [0.4, 0.5) is 0 Å². The number of fused-ring (bicyclic) bond motifs is 1. The summed E-state index contributed by atoms with van der Waals surface area (Å²) in [6, 6.07) is 1.81. The summed E-state index contributed by atoms with van der Waals surface area (Å²) < 4.78 is 23.4. The van der Waals surface area contributed by atoms with Gasteiger partial charge in [0.15, 0.2) is 9.84 Å². The first-order chi connectivity index (χ1) is 9.84. The lowest BCUT2D eigenvalue weighted by molar-refractivity contribution is 0.0628. The molecule has 1 aromatic rings. The highest BCUT2D eigenvalue weighted by molar-refractivity contribution is 7.90. The van der Waals surface area contributed by atoms with E-state index in [1.807, 2.05) is 11.0 Å². The maximum absolute atomic E-state index is 12.7. The molecule has 6 heteroatoms. The van der Waals surface area contributed by atoms with Gasteiger partial charge in [-0.3, -0.25) is 4.79 Å². The highest BCUT2D eigenvalue weighted by Gasteiger charge is 2.29. The number of rotatable bonds is 1. The van der Waals surface area contributed by atoms with E-state index >= 15 is 0 Å². The SMILES string of the molecule is C[C@@H]1C[C@@H](C)CN(C(=O)c2cc3c(s2)CCS(=O)(=O)C3)C1. The van der Waals surface area contributed by atoms with Gasteiger partial charge in [0, 0.05) is 18.0 Å². The Bertz CT molecular complexity index is 652. The molecule has 1 amide bonds. The molecule has 0 aliphatic carbocycles. The van der Waals surface area contributed by atoms with Crippen LogP contribution in [-0.2, 0) is 22.0 Å². The summed E-state index contributed by atoms with van der Waals surface area (Å²) in [5.74, 6) is 1.45. The Hall–Kier alpha value is -0.880. The summed E-state index contributed by atoms with van der Waals surface area (Å²) in [4.78, 5) is 16.4. The Balaban J connectivity index is 1.81. The van der Waals surface area contributed by atoms with Gasteiger partial charge in [-0.2, -0.15) is 0 Å². The molecule has 4 nitrogen and oxygen atoms in total. The first-order valence-electron chi connectivity index (χ1n) is 7.45. The molecular weight excluding hydrogens is 306 g/mol. The molecule has 0 saturated carbocycles. The number of carbonyl (C=O) groups is 1. The number of hydrogen-bond donors (Lipinski definition) is 0. The van der Waals surface area contributed by atoms with Crippen LogP contribution in [-0.4, -0.2) is 38.1 Å². The summed E-state index contributed by atoms with van der Waals surface area (Å²) in [5, 5.41) is 0. The van der Waals surface area contributed by atoms with Gasteiger partial charge in [0.05, 0.1) is 16.4 Å². The second-order valence-electron chi connectivity index (χ2n) is 6.56. The minimum Gasteiger partial charge on any atom is -0.337 e. The molecule has 1 fully saturated rings. The second-order valence-corrected chi connectivity index (χ2v) is 9.88. The molecule has 0 radical (unpaired) electrons. The zero-order valence-corrected chi connectivity index (χ0v) is 14.1. The van der Waals surface area contributed by atoms with E-state index < -0.39 is 9.84 Å². The maximum atomic E-state index is 12.7. The van der Waals surface area contributed by atoms with E-state index in [4.69, 9.17) is 0 Å². The molecular formula is C15H21NO3S2. The van der Waals surface area contributed by atoms with Crippen molar-refractivity contribution in [2.45, 2.75) is 32.4 Å². The standard InChI is InChI=1S/C15H21NO3S2/c1-10-5-11(2)8-16(7-10)15(17)14-6-12-9-21(18,19)4-3-13(12)20-14/h6,10-11H,3-5,7-9H2,1-2H3/t10-,11-/m1/s1. The third-order valence-corrected chi connectivity index (χ3v) is 7.08. The first-order valence-corrected chi connectivity index (χ1v) is 10.1. The molecule has 1 saturated heterocycles. The number of likely N-dealkylation sites (tertiary alicyclic amines) is 1. The van der Waals surface area contributed by atoms with Gasteiger partial charge in [-0.1, -0.05) is 13.8 Å². The molecule has 0 aromatic carbocycles. The largest absolute Gasteiger partial charge is 0.337 e. The smallest absolute Gasteiger partial charge is 0.263 e. The zero-order valence-electron chi connectivity index (χ0n) is 12.5. The van der Waals surface area contributed by atoms with Gasteiger partial charge in [0.25, 0.3) is 5.91 Å². The van der Waals surface area contributed by atoms with Gasteiger partial charge in [-0.05, 0) is 36.3 Å². The van der Waals surface area contributed by atoms with Crippen molar-refractivity contribution in [2.24, 2.45) is 11.8 Å². The highest BCUT2D eigenvalue weighted by Crippen LogP contribution is 2.31. The van der Waals surface area contributed by atoms with Crippen molar-refractivity contribution in [3.05, 3.63) is 21.4 Å². The van der Waals surface area contributed by atoms with Crippen LogP contribution in [0.25, 0.3) is 0 Å². The van der Waals surface area contributed by atoms with Crippen LogP contribution in [0, 0.1) is 11.8 Å². The average Bonchev–Trinajstić information content (AvgIpc) is 2.78. The summed E-state index contributed by atoms with van der Waals surface area (Å²) >= 11 is 1.48. The monoisotopic (exact) mass is 327 g/mol. The number of carbonyl (C=O) groups excluding carboxylic acids is 1. The van der Waals surface area contributed by atoms with Gasteiger partial charge < -0.3 is 4.90 Å². The van der Waals surface area contributed by atoms with E-state index in [1.54, 1.807) is 0 Å². The molecule has 0 bridgehead atoms. The second kappa shape index (κ2) is 5.39. The van der Waals surface area contributed by atoms with E-state index in [2.05, 4.69) is 13.8 Å². The van der Waals surface area contributed by atoms with Gasteiger partial charge in [0.2, 0.25) is 0 Å². The van der Waals surface area contributed by atoms with E-state index in [1.165, 1.54) is 17.8 Å². The van der Waals surface area contributed by atoms with Crippen molar-refractivity contribution in [2.75, 3.05) is 18.8 Å². The van der Waals surface area contributed by atoms with E-state index in [9.17, 15) is 13.2 Å². The molecule has 0 unspecified atom stereocenters. The van der Waals surface area contributed by atoms with Crippen LogP contribution in [0.1, 0.15) is 40.4 Å². The van der Waals surface area contributed by atoms with E-state index in [-0.39, 0.29) is 17.4 Å². The van der Waals surface area contributed by atoms with Crippen LogP contribution in [0.3, 0.4) is 0 Å². The fourth-order valence-corrected chi connectivity index (χ4v) is 6.21. The number of hydrogen-bond acceptors (Lipinski definition) is 4. The maximum Gasteiger partial charge on any atom is 0.263 e. The minimum absolute atomic E-state index is 0.0743. The summed E-state index contributed by atoms with van der Waals surface area (Å²) in [6.07, 6.45) is 1.73. The fraction of sp³-hybridized carbons (Fsp3) is 0.667. The third kappa shape index (κ3) is 3.16. The lowest BCUT2D eigenvalue weighted by Crippen LogP contribution is -2.42. The Kier molecular flexibility index (Phi) is 3.86. The summed E-state index contributed by atoms with van der Waals surface area (Å²) in [6.45, 7) is 5.98. The number of sulfone groups is 1. The molecule has 2 atom stereocenters. The Morgan fingerprint density at radius 1 is 1.29 bits per heavy atom. The molecule has 1 aromatic heterocycles. The molecule has 116 valence electrons. The van der Waals surface area contributed by atoms with Gasteiger partial charge in [0.1, 0.15) is 0 Å². The van der Waals surface area contributed by atoms with E-state index in [0.29, 0.717) is 23.1 Å². The van der Waals surface area contributed by atoms with Crippen molar-refractivity contribution in [3.8, 4) is 0 Å². The Morgan fingerprint density at radius 2 is 1.95 bits per heavy atom. The van der Waals surface area contributed by atoms with Gasteiger partial charge >= 0.3 is 0 Å². The van der Waals surface area contributed by atoms with Gasteiger partial charge in [-0.15, -0.1) is 11.3 Å². The average molecular weight is 327 g/mol. The molecule has 0 spiro atoms. The molecule has 3 rings (SSSR count). The lowest BCUT2D eigenvalue weighted by Gasteiger charge is -2.34. The molecule has 2 aliphatic rings. The fourth-order valence-electron chi connectivity index (χ4n) is 3.45. The normalized spacial score (nSPS) is 28.2. The highest BCUT2D eigenvalue weighted by atomic mass is 32.2. The Morgan fingerprint density at radius 3 is 2.62 bits per heavy atom. The van der Waals surface area contributed by atoms with Crippen LogP contribution in [0.2, 0.25) is 0 Å². The van der Waals surface area contributed by atoms with Crippen molar-refractivity contribution >= 4 is 27.1 Å². The van der Waals surface area contributed by atoms with Crippen LogP contribution < -0.4 is 0 Å². The number of aryl methyl sites for hydroxylation is 1. The minimum atomic E-state index is -2.97. The van der Waals surface area contributed by atoms with Crippen LogP contribution >= 0.6 is 11.3 Å². The number of nitrogens with zero attached hydrogens (tertiary/aromatic N) is 1. The van der Waals surface area contributed by atoms with Crippen LogP contribution in [0.15, 0.2) is 6.07 Å². The number of thiophene rings is 1. The van der Waals surface area contributed by atoms with Crippen molar-refractivity contribution < 1.29 is 13.2 Å². The summed E-state index contributed by atoms with van der Waals surface area (Å²) in [5.41, 5.74) is 0.840. The Labute approximate surface area is 130 Å². The molecule has 2 aliphatic heterocycles.